The summed E-state index contributed by atoms with van der Waals surface area (Å²) in [5.74, 6) is -0.789. The number of anilines is 1. The summed E-state index contributed by atoms with van der Waals surface area (Å²) in [7, 11) is 0. The van der Waals surface area contributed by atoms with Gasteiger partial charge in [-0.2, -0.15) is 0 Å². The number of aryl methyl sites for hydroxylation is 1. The smallest absolute Gasteiger partial charge is 0.339 e. The molecular formula is C13H14ClN3O2S. The molecule has 0 spiro atoms. The van der Waals surface area contributed by atoms with Crippen molar-refractivity contribution >= 4 is 34.7 Å². The molecule has 0 amide bonds. The zero-order valence-electron chi connectivity index (χ0n) is 11.1. The topological polar surface area (TPSA) is 75.1 Å². The van der Waals surface area contributed by atoms with Crippen LogP contribution in [0, 0.1) is 0 Å². The Balaban J connectivity index is 2.24. The molecule has 0 saturated carbocycles. The van der Waals surface area contributed by atoms with E-state index < -0.39 is 5.97 Å². The van der Waals surface area contributed by atoms with E-state index in [4.69, 9.17) is 16.7 Å². The lowest BCUT2D eigenvalue weighted by atomic mass is 10.2. The second kappa shape index (κ2) is 6.19. The first-order valence-corrected chi connectivity index (χ1v) is 7.31. The Hall–Kier alpha value is -1.66. The molecule has 2 aromatic heterocycles. The van der Waals surface area contributed by atoms with Crippen LogP contribution in [-0.4, -0.2) is 21.0 Å². The number of carbonyl (C=O) groups is 1. The number of nitrogens with zero attached hydrogens (tertiary/aromatic N) is 2. The van der Waals surface area contributed by atoms with E-state index in [0.29, 0.717) is 0 Å². The molecule has 0 radical (unpaired) electrons. The molecule has 2 aromatic rings. The number of carboxylic acid groups (broad SMARTS) is 1. The number of carboxylic acids is 1. The maximum absolute atomic E-state index is 11.2. The predicted molar refractivity (Wildman–Crippen MR) is 79.7 cm³/mol. The van der Waals surface area contributed by atoms with Crippen molar-refractivity contribution in [1.29, 1.82) is 0 Å². The highest BCUT2D eigenvalue weighted by Gasteiger charge is 2.16. The number of pyridine rings is 1. The number of nitrogens with one attached hydrogen (secondary N) is 1. The fourth-order valence-electron chi connectivity index (χ4n) is 1.67. The normalized spacial score (nSPS) is 12.2. The molecule has 2 rings (SSSR count). The number of aromatic nitrogens is 2. The minimum atomic E-state index is -1.04. The molecule has 1 unspecified atom stereocenters. The molecule has 2 N–H and O–H groups in total. The second-order valence-electron chi connectivity index (χ2n) is 4.22. The van der Waals surface area contributed by atoms with Gasteiger partial charge in [-0.3, -0.25) is 0 Å². The van der Waals surface area contributed by atoms with Crippen molar-refractivity contribution in [3.63, 3.8) is 0 Å². The van der Waals surface area contributed by atoms with Crippen LogP contribution >= 0.6 is 22.9 Å². The summed E-state index contributed by atoms with van der Waals surface area (Å²) in [5, 5.41) is 13.3. The van der Waals surface area contributed by atoms with Gasteiger partial charge >= 0.3 is 5.97 Å². The van der Waals surface area contributed by atoms with E-state index in [1.165, 1.54) is 17.0 Å². The number of thiazole rings is 1. The van der Waals surface area contributed by atoms with E-state index >= 15 is 0 Å². The van der Waals surface area contributed by atoms with Crippen molar-refractivity contribution < 1.29 is 9.90 Å². The van der Waals surface area contributed by atoms with Crippen LogP contribution in [0.2, 0.25) is 5.15 Å². The number of aromatic carboxylic acids is 1. The Morgan fingerprint density at radius 1 is 1.55 bits per heavy atom. The van der Waals surface area contributed by atoms with Crippen molar-refractivity contribution in [3.8, 4) is 0 Å². The average Bonchev–Trinajstić information content (AvgIpc) is 2.87. The van der Waals surface area contributed by atoms with Gasteiger partial charge in [-0.05, 0) is 25.5 Å². The Morgan fingerprint density at radius 2 is 2.30 bits per heavy atom. The molecule has 0 aliphatic heterocycles. The number of halogens is 1. The van der Waals surface area contributed by atoms with E-state index in [0.717, 1.165) is 11.4 Å². The van der Waals surface area contributed by atoms with Gasteiger partial charge in [0.2, 0.25) is 0 Å². The maximum atomic E-state index is 11.2. The van der Waals surface area contributed by atoms with Gasteiger partial charge in [0.1, 0.15) is 21.5 Å². The van der Waals surface area contributed by atoms with E-state index in [1.54, 1.807) is 11.3 Å². The SMILES string of the molecule is CCc1cnc(C(C)Nc2nc(Cl)ccc2C(=O)O)s1. The van der Waals surface area contributed by atoms with E-state index in [1.807, 2.05) is 13.1 Å². The van der Waals surface area contributed by atoms with Crippen LogP contribution in [0.5, 0.6) is 0 Å². The minimum absolute atomic E-state index is 0.0912. The highest BCUT2D eigenvalue weighted by molar-refractivity contribution is 7.11. The summed E-state index contributed by atoms with van der Waals surface area (Å²) in [5.41, 5.74) is 0.0912. The van der Waals surface area contributed by atoms with Gasteiger partial charge < -0.3 is 10.4 Å². The second-order valence-corrected chi connectivity index (χ2v) is 5.75. The van der Waals surface area contributed by atoms with Crippen LogP contribution < -0.4 is 5.32 Å². The predicted octanol–water partition coefficient (Wildman–Crippen LogP) is 3.63. The standard InChI is InChI=1S/C13H14ClN3O2S/c1-3-8-6-15-12(20-8)7(2)16-11-9(13(18)19)4-5-10(14)17-11/h4-7H,3H2,1-2H3,(H,16,17)(H,18,19). The van der Waals surface area contributed by atoms with Gasteiger partial charge in [0.05, 0.1) is 6.04 Å². The number of hydrogen-bond donors (Lipinski definition) is 2. The van der Waals surface area contributed by atoms with Crippen molar-refractivity contribution in [2.75, 3.05) is 5.32 Å². The highest BCUT2D eigenvalue weighted by Crippen LogP contribution is 2.25. The van der Waals surface area contributed by atoms with Gasteiger partial charge in [0, 0.05) is 11.1 Å². The first-order chi connectivity index (χ1) is 9.51. The van der Waals surface area contributed by atoms with Gasteiger partial charge in [0.15, 0.2) is 0 Å². The number of rotatable bonds is 5. The molecule has 106 valence electrons. The lowest BCUT2D eigenvalue weighted by Crippen LogP contribution is -2.12. The summed E-state index contributed by atoms with van der Waals surface area (Å²) in [4.78, 5) is 20.7. The molecule has 0 aliphatic rings. The summed E-state index contributed by atoms with van der Waals surface area (Å²) in [6.07, 6.45) is 2.77. The van der Waals surface area contributed by atoms with Crippen LogP contribution in [0.1, 0.15) is 40.1 Å². The summed E-state index contributed by atoms with van der Waals surface area (Å²) < 4.78 is 0. The Bertz CT molecular complexity index is 630. The van der Waals surface area contributed by atoms with Crippen molar-refractivity contribution in [3.05, 3.63) is 38.9 Å². The van der Waals surface area contributed by atoms with Gasteiger partial charge in [-0.1, -0.05) is 18.5 Å². The van der Waals surface area contributed by atoms with Crippen LogP contribution in [-0.2, 0) is 6.42 Å². The van der Waals surface area contributed by atoms with Crippen molar-refractivity contribution in [2.45, 2.75) is 26.3 Å². The van der Waals surface area contributed by atoms with Gasteiger partial charge in [-0.25, -0.2) is 14.8 Å². The quantitative estimate of drug-likeness (QED) is 0.825. The van der Waals surface area contributed by atoms with Crippen molar-refractivity contribution in [2.24, 2.45) is 0 Å². The zero-order valence-corrected chi connectivity index (χ0v) is 12.6. The largest absolute Gasteiger partial charge is 0.478 e. The molecule has 0 bridgehead atoms. The lowest BCUT2D eigenvalue weighted by molar-refractivity contribution is 0.0697. The fraction of sp³-hybridized carbons (Fsp3) is 0.308. The zero-order chi connectivity index (χ0) is 14.7. The van der Waals surface area contributed by atoms with Gasteiger partial charge in [-0.15, -0.1) is 11.3 Å². The summed E-state index contributed by atoms with van der Waals surface area (Å²) >= 11 is 7.42. The molecule has 20 heavy (non-hydrogen) atoms. The molecule has 7 heteroatoms. The third kappa shape index (κ3) is 3.26. The molecule has 2 heterocycles. The summed E-state index contributed by atoms with van der Waals surface area (Å²) in [6.45, 7) is 3.98. The Morgan fingerprint density at radius 3 is 2.90 bits per heavy atom. The molecule has 0 aliphatic carbocycles. The maximum Gasteiger partial charge on any atom is 0.339 e. The molecule has 0 aromatic carbocycles. The van der Waals surface area contributed by atoms with E-state index in [-0.39, 0.29) is 22.6 Å². The van der Waals surface area contributed by atoms with Crippen molar-refractivity contribution in [1.82, 2.24) is 9.97 Å². The molecule has 5 nitrogen and oxygen atoms in total. The lowest BCUT2D eigenvalue weighted by Gasteiger charge is -2.14. The molecule has 0 fully saturated rings. The first-order valence-electron chi connectivity index (χ1n) is 6.12. The van der Waals surface area contributed by atoms with Crippen LogP contribution in [0.3, 0.4) is 0 Å². The highest BCUT2D eigenvalue weighted by atomic mass is 35.5. The Kier molecular flexibility index (Phi) is 4.57. The number of hydrogen-bond acceptors (Lipinski definition) is 5. The van der Waals surface area contributed by atoms with E-state index in [9.17, 15) is 4.79 Å². The minimum Gasteiger partial charge on any atom is -0.478 e. The fourth-order valence-corrected chi connectivity index (χ4v) is 2.68. The molecule has 1 atom stereocenters. The van der Waals surface area contributed by atoms with Gasteiger partial charge in [0.25, 0.3) is 0 Å². The molecule has 0 saturated heterocycles. The Labute approximate surface area is 125 Å². The third-order valence-electron chi connectivity index (χ3n) is 2.74. The monoisotopic (exact) mass is 311 g/mol. The van der Waals surface area contributed by atoms with Crippen LogP contribution in [0.25, 0.3) is 0 Å². The van der Waals surface area contributed by atoms with E-state index in [2.05, 4.69) is 22.2 Å². The van der Waals surface area contributed by atoms with Crippen LogP contribution in [0.4, 0.5) is 5.82 Å². The first kappa shape index (κ1) is 14.7. The molecular weight excluding hydrogens is 298 g/mol. The average molecular weight is 312 g/mol. The summed E-state index contributed by atoms with van der Waals surface area (Å²) in [6, 6.07) is 2.76. The third-order valence-corrected chi connectivity index (χ3v) is 4.27. The van der Waals surface area contributed by atoms with Crippen LogP contribution in [0.15, 0.2) is 18.3 Å².